The molecule has 0 spiro atoms. The van der Waals surface area contributed by atoms with Crippen molar-refractivity contribution in [3.63, 3.8) is 0 Å². The van der Waals surface area contributed by atoms with Gasteiger partial charge in [0.05, 0.1) is 5.69 Å². The second-order valence-electron chi connectivity index (χ2n) is 3.65. The molecule has 6 heteroatoms. The molecule has 0 saturated carbocycles. The van der Waals surface area contributed by atoms with Crippen LogP contribution in [0, 0.1) is 6.92 Å². The minimum atomic E-state index is -1.09. The fraction of sp³-hybridized carbons (Fsp3) is 0.455. The lowest BCUT2D eigenvalue weighted by Crippen LogP contribution is -2.34. The fourth-order valence-corrected chi connectivity index (χ4v) is 1.56. The molecule has 0 aliphatic heterocycles. The molecule has 0 unspecified atom stereocenters. The number of hydrogen-bond acceptors (Lipinski definition) is 2. The number of carbonyl (C=O) groups is 2. The third kappa shape index (κ3) is 2.99. The first-order chi connectivity index (χ1) is 7.99. The van der Waals surface area contributed by atoms with E-state index in [1.165, 1.54) is 0 Å². The average Bonchev–Trinajstić information content (AvgIpc) is 2.61. The number of H-pyrrole nitrogens is 1. The van der Waals surface area contributed by atoms with E-state index in [0.29, 0.717) is 24.5 Å². The van der Waals surface area contributed by atoms with Crippen molar-refractivity contribution in [3.05, 3.63) is 17.5 Å². The highest BCUT2D eigenvalue weighted by Gasteiger charge is 2.17. The van der Waals surface area contributed by atoms with Crippen LogP contribution in [0.25, 0.3) is 0 Å². The zero-order chi connectivity index (χ0) is 13.0. The maximum absolute atomic E-state index is 11.8. The van der Waals surface area contributed by atoms with Crippen LogP contribution in [0.5, 0.6) is 0 Å². The van der Waals surface area contributed by atoms with Gasteiger partial charge in [0, 0.05) is 18.8 Å². The second-order valence-corrected chi connectivity index (χ2v) is 3.65. The molecule has 6 nitrogen and oxygen atoms in total. The Bertz CT molecular complexity index is 422. The lowest BCUT2D eigenvalue weighted by atomic mass is 10.3. The normalized spacial score (nSPS) is 10.1. The topological polar surface area (TPSA) is 85.4 Å². The van der Waals surface area contributed by atoms with Gasteiger partial charge in [0.15, 0.2) is 0 Å². The summed E-state index contributed by atoms with van der Waals surface area (Å²) in [5.41, 5.74) is 0.993. The summed E-state index contributed by atoms with van der Waals surface area (Å²) in [5.74, 6) is -1.09. The molecule has 1 heterocycles. The molecular formula is C11H17N3O3. The monoisotopic (exact) mass is 239 g/mol. The number of aromatic amines is 1. The van der Waals surface area contributed by atoms with Crippen LogP contribution in [-0.2, 0) is 0 Å². The van der Waals surface area contributed by atoms with Crippen LogP contribution in [0.1, 0.15) is 30.0 Å². The molecule has 0 aliphatic carbocycles. The van der Waals surface area contributed by atoms with Gasteiger partial charge in [-0.1, -0.05) is 0 Å². The minimum absolute atomic E-state index is 0.00278. The van der Waals surface area contributed by atoms with E-state index < -0.39 is 5.97 Å². The molecule has 1 aromatic heterocycles. The number of aromatic nitrogens is 1. The van der Waals surface area contributed by atoms with Gasteiger partial charge in [-0.3, -0.25) is 0 Å². The number of anilines is 1. The van der Waals surface area contributed by atoms with Gasteiger partial charge in [0.1, 0.15) is 5.69 Å². The Hall–Kier alpha value is -1.98. The van der Waals surface area contributed by atoms with Crippen molar-refractivity contribution in [3.8, 4) is 0 Å². The van der Waals surface area contributed by atoms with Crippen LogP contribution in [-0.4, -0.2) is 40.1 Å². The molecular weight excluding hydrogens is 222 g/mol. The molecule has 0 aromatic carbocycles. The third-order valence-electron chi connectivity index (χ3n) is 2.46. The van der Waals surface area contributed by atoms with Gasteiger partial charge in [-0.2, -0.15) is 0 Å². The van der Waals surface area contributed by atoms with E-state index in [0.717, 1.165) is 0 Å². The van der Waals surface area contributed by atoms with Gasteiger partial charge < -0.3 is 20.3 Å². The van der Waals surface area contributed by atoms with Crippen molar-refractivity contribution in [1.29, 1.82) is 0 Å². The molecule has 3 N–H and O–H groups in total. The third-order valence-corrected chi connectivity index (χ3v) is 2.46. The van der Waals surface area contributed by atoms with Crippen LogP contribution in [0.4, 0.5) is 10.5 Å². The Morgan fingerprint density at radius 2 is 2.00 bits per heavy atom. The average molecular weight is 239 g/mol. The van der Waals surface area contributed by atoms with Crippen molar-refractivity contribution in [1.82, 2.24) is 9.88 Å². The smallest absolute Gasteiger partial charge is 0.354 e. The van der Waals surface area contributed by atoms with Gasteiger partial charge >= 0.3 is 12.0 Å². The predicted molar refractivity (Wildman–Crippen MR) is 64.4 cm³/mol. The number of aryl methyl sites for hydroxylation is 1. The van der Waals surface area contributed by atoms with E-state index in [2.05, 4.69) is 10.3 Å². The molecule has 0 radical (unpaired) electrons. The molecule has 0 fully saturated rings. The summed E-state index contributed by atoms with van der Waals surface area (Å²) in [5, 5.41) is 11.5. The fourth-order valence-electron chi connectivity index (χ4n) is 1.56. The summed E-state index contributed by atoms with van der Waals surface area (Å²) in [7, 11) is 0. The number of nitrogens with one attached hydrogen (secondary N) is 2. The van der Waals surface area contributed by atoms with Gasteiger partial charge in [-0.05, 0) is 26.8 Å². The van der Waals surface area contributed by atoms with Crippen LogP contribution in [0.2, 0.25) is 0 Å². The maximum atomic E-state index is 11.8. The molecule has 0 saturated heterocycles. The number of aromatic carboxylic acids is 1. The van der Waals surface area contributed by atoms with E-state index in [1.807, 2.05) is 13.8 Å². The Labute approximate surface area is 99.6 Å². The maximum Gasteiger partial charge on any atom is 0.354 e. The summed E-state index contributed by atoms with van der Waals surface area (Å²) >= 11 is 0. The van der Waals surface area contributed by atoms with E-state index in [9.17, 15) is 9.59 Å². The zero-order valence-corrected chi connectivity index (χ0v) is 10.2. The summed E-state index contributed by atoms with van der Waals surface area (Å²) in [4.78, 5) is 27.0. The number of carbonyl (C=O) groups excluding carboxylic acids is 1. The summed E-state index contributed by atoms with van der Waals surface area (Å²) < 4.78 is 0. The number of carboxylic acid groups (broad SMARTS) is 1. The van der Waals surface area contributed by atoms with Crippen molar-refractivity contribution >= 4 is 17.7 Å². The highest BCUT2D eigenvalue weighted by molar-refractivity contribution is 5.99. The Balaban J connectivity index is 2.87. The molecule has 2 amide bonds. The molecule has 94 valence electrons. The van der Waals surface area contributed by atoms with Gasteiger partial charge in [0.25, 0.3) is 0 Å². The highest BCUT2D eigenvalue weighted by Crippen LogP contribution is 2.17. The van der Waals surface area contributed by atoms with Gasteiger partial charge in [-0.15, -0.1) is 0 Å². The minimum Gasteiger partial charge on any atom is -0.477 e. The molecule has 0 aliphatic rings. The Kier molecular flexibility index (Phi) is 4.14. The van der Waals surface area contributed by atoms with Crippen LogP contribution in [0.3, 0.4) is 0 Å². The Morgan fingerprint density at radius 1 is 1.41 bits per heavy atom. The van der Waals surface area contributed by atoms with E-state index in [1.54, 1.807) is 17.9 Å². The predicted octanol–water partition coefficient (Wildman–Crippen LogP) is 1.90. The van der Waals surface area contributed by atoms with Crippen molar-refractivity contribution in [2.75, 3.05) is 18.4 Å². The first kappa shape index (κ1) is 13.1. The number of urea groups is 1. The van der Waals surface area contributed by atoms with Crippen LogP contribution in [0.15, 0.2) is 6.07 Å². The number of hydrogen-bond donors (Lipinski definition) is 3. The SMILES string of the molecule is CCN(CC)C(=O)Nc1cc(C)[nH]c1C(=O)O. The second kappa shape index (κ2) is 5.38. The molecule has 1 rings (SSSR count). The Morgan fingerprint density at radius 3 is 2.47 bits per heavy atom. The molecule has 0 bridgehead atoms. The number of nitrogens with zero attached hydrogens (tertiary/aromatic N) is 1. The van der Waals surface area contributed by atoms with E-state index in [4.69, 9.17) is 5.11 Å². The number of amides is 2. The van der Waals surface area contributed by atoms with E-state index >= 15 is 0 Å². The first-order valence-electron chi connectivity index (χ1n) is 5.48. The highest BCUT2D eigenvalue weighted by atomic mass is 16.4. The summed E-state index contributed by atoms with van der Waals surface area (Å²) in [6, 6.07) is 1.31. The lowest BCUT2D eigenvalue weighted by Gasteiger charge is -2.18. The molecule has 1 aromatic rings. The quantitative estimate of drug-likeness (QED) is 0.750. The van der Waals surface area contributed by atoms with Crippen LogP contribution < -0.4 is 5.32 Å². The summed E-state index contributed by atoms with van der Waals surface area (Å²) in [6.07, 6.45) is 0. The van der Waals surface area contributed by atoms with Crippen LogP contribution >= 0.6 is 0 Å². The van der Waals surface area contributed by atoms with Gasteiger partial charge in [0.2, 0.25) is 0 Å². The van der Waals surface area contributed by atoms with E-state index in [-0.39, 0.29) is 11.7 Å². The van der Waals surface area contributed by atoms with Crippen molar-refractivity contribution < 1.29 is 14.7 Å². The zero-order valence-electron chi connectivity index (χ0n) is 10.2. The van der Waals surface area contributed by atoms with Gasteiger partial charge in [-0.25, -0.2) is 9.59 Å². The number of carboxylic acids is 1. The molecule has 17 heavy (non-hydrogen) atoms. The van der Waals surface area contributed by atoms with Crippen molar-refractivity contribution in [2.24, 2.45) is 0 Å². The van der Waals surface area contributed by atoms with Crippen molar-refractivity contribution in [2.45, 2.75) is 20.8 Å². The molecule has 0 atom stereocenters. The standard InChI is InChI=1S/C11H17N3O3/c1-4-14(5-2)11(17)13-8-6-7(3)12-9(8)10(15)16/h6,12H,4-5H2,1-3H3,(H,13,17)(H,15,16). The number of rotatable bonds is 4. The largest absolute Gasteiger partial charge is 0.477 e. The lowest BCUT2D eigenvalue weighted by molar-refractivity contribution is 0.0692. The summed E-state index contributed by atoms with van der Waals surface area (Å²) in [6.45, 7) is 6.62. The first-order valence-corrected chi connectivity index (χ1v) is 5.48.